The zero-order chi connectivity index (χ0) is 10.8. The fourth-order valence-electron chi connectivity index (χ4n) is 1.40. The number of carbonyl (C=O) groups is 2. The quantitative estimate of drug-likeness (QED) is 0.704. The van der Waals surface area contributed by atoms with Crippen molar-refractivity contribution in [3.8, 4) is 0 Å². The molecule has 0 aromatic heterocycles. The molecule has 0 bridgehead atoms. The molecular formula is C8H11F2NO3. The number of carbonyl (C=O) groups excluding carboxylic acids is 1. The van der Waals surface area contributed by atoms with Crippen LogP contribution in [-0.2, 0) is 9.59 Å². The standard InChI is InChI=1S/C8H11F2NO3/c9-8(10)4-1-2-6(12)11(8)5-3-7(13)14/h1-5H2,(H,13,14). The normalized spacial score (nSPS) is 21.0. The first-order valence-electron chi connectivity index (χ1n) is 4.33. The second kappa shape index (κ2) is 3.89. The zero-order valence-corrected chi connectivity index (χ0v) is 7.50. The van der Waals surface area contributed by atoms with Gasteiger partial charge in [-0.1, -0.05) is 0 Å². The number of carboxylic acid groups (broad SMARTS) is 1. The Morgan fingerprint density at radius 3 is 2.71 bits per heavy atom. The van der Waals surface area contributed by atoms with Crippen LogP contribution in [0.15, 0.2) is 0 Å². The number of hydrogen-bond donors (Lipinski definition) is 1. The van der Waals surface area contributed by atoms with E-state index in [2.05, 4.69) is 0 Å². The molecule has 1 aliphatic heterocycles. The summed E-state index contributed by atoms with van der Waals surface area (Å²) < 4.78 is 26.2. The van der Waals surface area contributed by atoms with Crippen LogP contribution in [0, 0.1) is 0 Å². The molecule has 0 aromatic carbocycles. The number of likely N-dealkylation sites (tertiary alicyclic amines) is 1. The van der Waals surface area contributed by atoms with E-state index in [9.17, 15) is 18.4 Å². The molecule has 1 amide bonds. The molecule has 4 nitrogen and oxygen atoms in total. The molecule has 0 saturated carbocycles. The highest BCUT2D eigenvalue weighted by Gasteiger charge is 2.42. The first-order valence-corrected chi connectivity index (χ1v) is 4.33. The largest absolute Gasteiger partial charge is 0.481 e. The van der Waals surface area contributed by atoms with Crippen LogP contribution in [0.5, 0.6) is 0 Å². The minimum atomic E-state index is -3.18. The number of nitrogens with zero attached hydrogens (tertiary/aromatic N) is 1. The maximum atomic E-state index is 13.1. The van der Waals surface area contributed by atoms with Crippen LogP contribution >= 0.6 is 0 Å². The number of amides is 1. The van der Waals surface area contributed by atoms with Gasteiger partial charge in [0.1, 0.15) is 0 Å². The van der Waals surface area contributed by atoms with E-state index in [1.54, 1.807) is 0 Å². The maximum absolute atomic E-state index is 13.1. The van der Waals surface area contributed by atoms with Crippen molar-refractivity contribution in [2.24, 2.45) is 0 Å². The molecule has 1 fully saturated rings. The summed E-state index contributed by atoms with van der Waals surface area (Å²) in [6.07, 6.45) is -0.579. The van der Waals surface area contributed by atoms with Gasteiger partial charge in [-0.15, -0.1) is 0 Å². The third-order valence-corrected chi connectivity index (χ3v) is 2.11. The number of carboxylic acids is 1. The number of halogens is 2. The van der Waals surface area contributed by atoms with Crippen molar-refractivity contribution < 1.29 is 23.5 Å². The Hall–Kier alpha value is -1.20. The van der Waals surface area contributed by atoms with Crippen LogP contribution in [0.4, 0.5) is 8.78 Å². The molecule has 1 aliphatic rings. The van der Waals surface area contributed by atoms with E-state index in [0.717, 1.165) is 0 Å². The lowest BCUT2D eigenvalue weighted by atomic mass is 10.1. The molecule has 0 aliphatic carbocycles. The third kappa shape index (κ3) is 2.40. The molecule has 80 valence electrons. The molecule has 0 atom stereocenters. The van der Waals surface area contributed by atoms with Crippen molar-refractivity contribution in [3.05, 3.63) is 0 Å². The molecule has 1 N–H and O–H groups in total. The predicted molar refractivity (Wildman–Crippen MR) is 42.8 cm³/mol. The molecule has 0 unspecified atom stereocenters. The number of aliphatic carboxylic acids is 1. The van der Waals surface area contributed by atoms with Crippen molar-refractivity contribution in [1.29, 1.82) is 0 Å². The highest BCUT2D eigenvalue weighted by Crippen LogP contribution is 2.31. The van der Waals surface area contributed by atoms with Gasteiger partial charge in [0.15, 0.2) is 0 Å². The van der Waals surface area contributed by atoms with Gasteiger partial charge in [0.2, 0.25) is 5.91 Å². The summed E-state index contributed by atoms with van der Waals surface area (Å²) in [4.78, 5) is 21.6. The monoisotopic (exact) mass is 207 g/mol. The van der Waals surface area contributed by atoms with Gasteiger partial charge in [-0.2, -0.15) is 8.78 Å². The molecular weight excluding hydrogens is 196 g/mol. The molecule has 0 spiro atoms. The predicted octanol–water partition coefficient (Wildman–Crippen LogP) is 1.07. The summed E-state index contributed by atoms with van der Waals surface area (Å²) in [5.41, 5.74) is 0. The number of alkyl halides is 2. The van der Waals surface area contributed by atoms with E-state index >= 15 is 0 Å². The fourth-order valence-corrected chi connectivity index (χ4v) is 1.40. The highest BCUT2D eigenvalue weighted by molar-refractivity contribution is 5.78. The topological polar surface area (TPSA) is 57.6 Å². The first kappa shape index (κ1) is 10.9. The average Bonchev–Trinajstić information content (AvgIpc) is 2.01. The van der Waals surface area contributed by atoms with Crippen molar-refractivity contribution in [1.82, 2.24) is 4.90 Å². The minimum Gasteiger partial charge on any atom is -0.481 e. The average molecular weight is 207 g/mol. The lowest BCUT2D eigenvalue weighted by Crippen LogP contribution is -2.49. The smallest absolute Gasteiger partial charge is 0.327 e. The molecule has 1 rings (SSSR count). The highest BCUT2D eigenvalue weighted by atomic mass is 19.3. The Morgan fingerprint density at radius 1 is 1.57 bits per heavy atom. The molecule has 1 heterocycles. The summed E-state index contributed by atoms with van der Waals surface area (Å²) in [5, 5.41) is 8.32. The van der Waals surface area contributed by atoms with E-state index in [4.69, 9.17) is 5.11 Å². The van der Waals surface area contributed by atoms with Gasteiger partial charge in [0, 0.05) is 19.4 Å². The molecule has 0 aromatic rings. The maximum Gasteiger partial charge on any atom is 0.327 e. The SMILES string of the molecule is O=C(O)CCN1C(=O)CCCC1(F)F. The Bertz CT molecular complexity index is 255. The van der Waals surface area contributed by atoms with Crippen molar-refractivity contribution in [2.75, 3.05) is 6.54 Å². The second-order valence-corrected chi connectivity index (χ2v) is 3.21. The Balaban J connectivity index is 2.61. The van der Waals surface area contributed by atoms with Gasteiger partial charge < -0.3 is 5.11 Å². The van der Waals surface area contributed by atoms with Gasteiger partial charge in [-0.05, 0) is 6.42 Å². The lowest BCUT2D eigenvalue weighted by molar-refractivity contribution is -0.187. The summed E-state index contributed by atoms with van der Waals surface area (Å²) in [7, 11) is 0. The van der Waals surface area contributed by atoms with E-state index in [1.165, 1.54) is 0 Å². The molecule has 1 saturated heterocycles. The van der Waals surface area contributed by atoms with E-state index in [-0.39, 0.29) is 19.3 Å². The van der Waals surface area contributed by atoms with Crippen LogP contribution in [0.3, 0.4) is 0 Å². The lowest BCUT2D eigenvalue weighted by Gasteiger charge is -2.34. The van der Waals surface area contributed by atoms with Crippen molar-refractivity contribution in [2.45, 2.75) is 31.7 Å². The summed E-state index contributed by atoms with van der Waals surface area (Å²) in [6.45, 7) is -0.416. The summed E-state index contributed by atoms with van der Waals surface area (Å²) >= 11 is 0. The van der Waals surface area contributed by atoms with Gasteiger partial charge >= 0.3 is 12.0 Å². The molecule has 6 heteroatoms. The van der Waals surface area contributed by atoms with E-state index in [1.807, 2.05) is 0 Å². The van der Waals surface area contributed by atoms with E-state index in [0.29, 0.717) is 4.90 Å². The van der Waals surface area contributed by atoms with Gasteiger partial charge in [-0.25, -0.2) is 0 Å². The number of piperidine rings is 1. The van der Waals surface area contributed by atoms with Crippen LogP contribution in [-0.4, -0.2) is 34.5 Å². The van der Waals surface area contributed by atoms with Crippen molar-refractivity contribution in [3.63, 3.8) is 0 Å². The van der Waals surface area contributed by atoms with Crippen LogP contribution < -0.4 is 0 Å². The summed E-state index contributed by atoms with van der Waals surface area (Å²) in [6, 6.07) is -3.18. The van der Waals surface area contributed by atoms with Crippen LogP contribution in [0.25, 0.3) is 0 Å². The first-order chi connectivity index (χ1) is 6.43. The Morgan fingerprint density at radius 2 is 2.21 bits per heavy atom. The Kier molecular flexibility index (Phi) is 3.03. The van der Waals surface area contributed by atoms with Gasteiger partial charge in [0.25, 0.3) is 0 Å². The zero-order valence-electron chi connectivity index (χ0n) is 7.50. The second-order valence-electron chi connectivity index (χ2n) is 3.21. The molecule has 14 heavy (non-hydrogen) atoms. The minimum absolute atomic E-state index is 0.0786. The van der Waals surface area contributed by atoms with Gasteiger partial charge in [-0.3, -0.25) is 14.5 Å². The van der Waals surface area contributed by atoms with E-state index < -0.39 is 30.9 Å². The third-order valence-electron chi connectivity index (χ3n) is 2.11. The van der Waals surface area contributed by atoms with Crippen molar-refractivity contribution >= 4 is 11.9 Å². The number of hydrogen-bond acceptors (Lipinski definition) is 2. The fraction of sp³-hybridized carbons (Fsp3) is 0.750. The molecule has 0 radical (unpaired) electrons. The van der Waals surface area contributed by atoms with Gasteiger partial charge in [0.05, 0.1) is 6.42 Å². The summed E-state index contributed by atoms with van der Waals surface area (Å²) in [5.74, 6) is -1.85. The number of rotatable bonds is 3. The Labute approximate surface area is 79.5 Å². The van der Waals surface area contributed by atoms with Crippen LogP contribution in [0.2, 0.25) is 0 Å². The van der Waals surface area contributed by atoms with Crippen LogP contribution in [0.1, 0.15) is 25.7 Å².